The van der Waals surface area contributed by atoms with Crippen LogP contribution in [-0.2, 0) is 31.9 Å². The molecule has 0 bridgehead atoms. The summed E-state index contributed by atoms with van der Waals surface area (Å²) in [6.45, 7) is 5.30. The SMILES string of the molecule is COC(=O)CCc1ccc(Oc2ccc(CC(NC(=O)OC(C)(C)C)C(=O)N(C)C)cc2)cc1. The van der Waals surface area contributed by atoms with Gasteiger partial charge in [-0.1, -0.05) is 24.3 Å². The monoisotopic (exact) mass is 470 g/mol. The third-order valence-electron chi connectivity index (χ3n) is 4.80. The summed E-state index contributed by atoms with van der Waals surface area (Å²) in [5.74, 6) is 0.846. The van der Waals surface area contributed by atoms with Crippen LogP contribution in [0.4, 0.5) is 4.79 Å². The van der Waals surface area contributed by atoms with Gasteiger partial charge in [0, 0.05) is 26.9 Å². The topological polar surface area (TPSA) is 94.2 Å². The first-order valence-corrected chi connectivity index (χ1v) is 11.1. The fourth-order valence-corrected chi connectivity index (χ4v) is 3.10. The molecule has 0 spiro atoms. The Labute approximate surface area is 201 Å². The molecule has 0 saturated carbocycles. The summed E-state index contributed by atoms with van der Waals surface area (Å²) in [5.41, 5.74) is 1.22. The van der Waals surface area contributed by atoms with Crippen molar-refractivity contribution in [2.24, 2.45) is 0 Å². The van der Waals surface area contributed by atoms with E-state index in [4.69, 9.17) is 9.47 Å². The first kappa shape index (κ1) is 26.7. The lowest BCUT2D eigenvalue weighted by molar-refractivity contribution is -0.140. The molecule has 1 N–H and O–H groups in total. The molecule has 0 saturated heterocycles. The van der Waals surface area contributed by atoms with Crippen LogP contribution < -0.4 is 10.1 Å². The molecule has 8 heteroatoms. The molecule has 0 heterocycles. The van der Waals surface area contributed by atoms with Crippen molar-refractivity contribution in [3.05, 3.63) is 59.7 Å². The lowest BCUT2D eigenvalue weighted by Gasteiger charge is -2.25. The van der Waals surface area contributed by atoms with Crippen molar-refractivity contribution < 1.29 is 28.6 Å². The number of aryl methyl sites for hydroxylation is 1. The number of alkyl carbamates (subject to hydrolysis) is 1. The second-order valence-corrected chi connectivity index (χ2v) is 9.10. The lowest BCUT2D eigenvalue weighted by Crippen LogP contribution is -2.48. The van der Waals surface area contributed by atoms with Crippen LogP contribution in [0.3, 0.4) is 0 Å². The second kappa shape index (κ2) is 12.1. The zero-order chi connectivity index (χ0) is 25.3. The molecule has 0 aliphatic heterocycles. The van der Waals surface area contributed by atoms with E-state index >= 15 is 0 Å². The molecule has 1 atom stereocenters. The fraction of sp³-hybridized carbons (Fsp3) is 0.423. The van der Waals surface area contributed by atoms with Crippen LogP contribution in [0.5, 0.6) is 11.5 Å². The number of esters is 1. The highest BCUT2D eigenvalue weighted by atomic mass is 16.6. The smallest absolute Gasteiger partial charge is 0.408 e. The Morgan fingerprint density at radius 3 is 1.91 bits per heavy atom. The van der Waals surface area contributed by atoms with Crippen molar-refractivity contribution in [1.82, 2.24) is 10.2 Å². The highest BCUT2D eigenvalue weighted by molar-refractivity contribution is 5.85. The summed E-state index contributed by atoms with van der Waals surface area (Å²) in [5, 5.41) is 2.67. The third-order valence-corrected chi connectivity index (χ3v) is 4.80. The Morgan fingerprint density at radius 1 is 0.912 bits per heavy atom. The van der Waals surface area contributed by atoms with Gasteiger partial charge in [-0.05, 0) is 62.6 Å². The van der Waals surface area contributed by atoms with Crippen LogP contribution in [0.15, 0.2) is 48.5 Å². The van der Waals surface area contributed by atoms with Crippen LogP contribution in [-0.4, -0.2) is 55.7 Å². The summed E-state index contributed by atoms with van der Waals surface area (Å²) in [6, 6.07) is 14.1. The highest BCUT2D eigenvalue weighted by Gasteiger charge is 2.25. The number of carbonyl (C=O) groups is 3. The molecular weight excluding hydrogens is 436 g/mol. The Kier molecular flexibility index (Phi) is 9.47. The summed E-state index contributed by atoms with van der Waals surface area (Å²) >= 11 is 0. The lowest BCUT2D eigenvalue weighted by atomic mass is 10.0. The summed E-state index contributed by atoms with van der Waals surface area (Å²) in [7, 11) is 4.66. The van der Waals surface area contributed by atoms with Gasteiger partial charge in [0.1, 0.15) is 23.1 Å². The molecule has 34 heavy (non-hydrogen) atoms. The van der Waals surface area contributed by atoms with E-state index in [2.05, 4.69) is 10.1 Å². The summed E-state index contributed by atoms with van der Waals surface area (Å²) < 4.78 is 15.8. The van der Waals surface area contributed by atoms with Gasteiger partial charge in [0.15, 0.2) is 0 Å². The Balaban J connectivity index is 2.00. The van der Waals surface area contributed by atoms with E-state index in [1.54, 1.807) is 34.9 Å². The minimum Gasteiger partial charge on any atom is -0.469 e. The van der Waals surface area contributed by atoms with E-state index in [1.807, 2.05) is 48.5 Å². The fourth-order valence-electron chi connectivity index (χ4n) is 3.10. The molecule has 1 unspecified atom stereocenters. The van der Waals surface area contributed by atoms with E-state index < -0.39 is 17.7 Å². The van der Waals surface area contributed by atoms with Crippen LogP contribution in [0.1, 0.15) is 38.3 Å². The molecular formula is C26H34N2O6. The van der Waals surface area contributed by atoms with E-state index in [9.17, 15) is 14.4 Å². The molecule has 0 aromatic heterocycles. The summed E-state index contributed by atoms with van der Waals surface area (Å²) in [4.78, 5) is 37.5. The quantitative estimate of drug-likeness (QED) is 0.555. The first-order chi connectivity index (χ1) is 16.0. The minimum atomic E-state index is -0.755. The van der Waals surface area contributed by atoms with Crippen molar-refractivity contribution in [1.29, 1.82) is 0 Å². The van der Waals surface area contributed by atoms with Crippen molar-refractivity contribution in [2.75, 3.05) is 21.2 Å². The molecule has 2 aromatic rings. The maximum absolute atomic E-state index is 12.6. The molecule has 184 valence electrons. The van der Waals surface area contributed by atoms with Gasteiger partial charge in [0.2, 0.25) is 5.91 Å². The van der Waals surface area contributed by atoms with Crippen molar-refractivity contribution >= 4 is 18.0 Å². The van der Waals surface area contributed by atoms with Crippen LogP contribution >= 0.6 is 0 Å². The van der Waals surface area contributed by atoms with E-state index in [0.29, 0.717) is 30.8 Å². The Bertz CT molecular complexity index is 962. The zero-order valence-electron chi connectivity index (χ0n) is 20.7. The van der Waals surface area contributed by atoms with Gasteiger partial charge in [-0.3, -0.25) is 9.59 Å². The predicted octanol–water partition coefficient (Wildman–Crippen LogP) is 4.11. The Morgan fingerprint density at radius 2 is 1.44 bits per heavy atom. The van der Waals surface area contributed by atoms with Gasteiger partial charge < -0.3 is 24.4 Å². The molecule has 2 aromatic carbocycles. The molecule has 8 nitrogen and oxygen atoms in total. The van der Waals surface area contributed by atoms with Gasteiger partial charge in [0.05, 0.1) is 7.11 Å². The van der Waals surface area contributed by atoms with Gasteiger partial charge in [-0.15, -0.1) is 0 Å². The predicted molar refractivity (Wildman–Crippen MR) is 129 cm³/mol. The molecule has 2 rings (SSSR count). The van der Waals surface area contributed by atoms with E-state index in [-0.39, 0.29) is 11.9 Å². The van der Waals surface area contributed by atoms with E-state index in [1.165, 1.54) is 12.0 Å². The van der Waals surface area contributed by atoms with Gasteiger partial charge in [0.25, 0.3) is 0 Å². The number of carbonyl (C=O) groups excluding carboxylic acids is 3. The maximum atomic E-state index is 12.6. The molecule has 0 radical (unpaired) electrons. The maximum Gasteiger partial charge on any atom is 0.408 e. The number of methoxy groups -OCH3 is 1. The summed E-state index contributed by atoms with van der Waals surface area (Å²) in [6.07, 6.45) is 0.609. The molecule has 0 aliphatic carbocycles. The van der Waals surface area contributed by atoms with Gasteiger partial charge >= 0.3 is 12.1 Å². The number of hydrogen-bond donors (Lipinski definition) is 1. The molecule has 0 fully saturated rings. The number of rotatable bonds is 9. The number of hydrogen-bond acceptors (Lipinski definition) is 6. The number of amides is 2. The minimum absolute atomic E-state index is 0.224. The molecule has 2 amide bonds. The number of nitrogens with one attached hydrogen (secondary N) is 1. The average Bonchev–Trinajstić information content (AvgIpc) is 2.77. The Hall–Kier alpha value is -3.55. The largest absolute Gasteiger partial charge is 0.469 e. The first-order valence-electron chi connectivity index (χ1n) is 11.1. The highest BCUT2D eigenvalue weighted by Crippen LogP contribution is 2.23. The van der Waals surface area contributed by atoms with Gasteiger partial charge in [-0.2, -0.15) is 0 Å². The van der Waals surface area contributed by atoms with Crippen LogP contribution in [0.25, 0.3) is 0 Å². The third kappa shape index (κ3) is 9.13. The number of likely N-dealkylation sites (N-methyl/N-ethyl adjacent to an activating group) is 1. The zero-order valence-corrected chi connectivity index (χ0v) is 20.7. The normalized spacial score (nSPS) is 11.8. The van der Waals surface area contributed by atoms with Gasteiger partial charge in [-0.25, -0.2) is 4.79 Å². The van der Waals surface area contributed by atoms with Crippen molar-refractivity contribution in [3.63, 3.8) is 0 Å². The van der Waals surface area contributed by atoms with Crippen molar-refractivity contribution in [3.8, 4) is 11.5 Å². The van der Waals surface area contributed by atoms with Crippen LogP contribution in [0, 0.1) is 0 Å². The number of nitrogens with zero attached hydrogens (tertiary/aromatic N) is 1. The number of ether oxygens (including phenoxy) is 3. The van der Waals surface area contributed by atoms with Crippen LogP contribution in [0.2, 0.25) is 0 Å². The standard InChI is InChI=1S/C26H34N2O6/c1-26(2,3)34-25(31)27-22(24(30)28(4)5)17-19-9-14-21(15-10-19)33-20-12-7-18(8-13-20)11-16-23(29)32-6/h7-10,12-15,22H,11,16-17H2,1-6H3,(H,27,31). The van der Waals surface area contributed by atoms with Crippen molar-refractivity contribution in [2.45, 2.75) is 51.7 Å². The molecule has 0 aliphatic rings. The number of benzene rings is 2. The second-order valence-electron chi connectivity index (χ2n) is 9.10. The average molecular weight is 471 g/mol. The van der Waals surface area contributed by atoms with E-state index in [0.717, 1.165) is 11.1 Å².